The van der Waals surface area contributed by atoms with Gasteiger partial charge in [-0.15, -0.1) is 0 Å². The number of hydrogen-bond donors (Lipinski definition) is 2. The van der Waals surface area contributed by atoms with Gasteiger partial charge in [-0.3, -0.25) is 9.48 Å². The first kappa shape index (κ1) is 12.0. The standard InChI is InChI=1S/C12H20N4O/c1-8-10(13)7-16(15-8)12(2,3)11(17)14-6-9-4-5-9/h7,9H,4-6,13H2,1-3H3,(H,14,17). The first-order valence-corrected chi connectivity index (χ1v) is 6.02. The molecule has 1 saturated carbocycles. The molecule has 0 radical (unpaired) electrons. The summed E-state index contributed by atoms with van der Waals surface area (Å²) >= 11 is 0. The number of anilines is 1. The van der Waals surface area contributed by atoms with Crippen LogP contribution in [-0.4, -0.2) is 22.2 Å². The summed E-state index contributed by atoms with van der Waals surface area (Å²) in [5.74, 6) is 0.672. The molecule has 1 heterocycles. The number of amides is 1. The predicted molar refractivity (Wildman–Crippen MR) is 66.4 cm³/mol. The molecule has 0 spiro atoms. The number of carbonyl (C=O) groups is 1. The van der Waals surface area contributed by atoms with Gasteiger partial charge < -0.3 is 11.1 Å². The van der Waals surface area contributed by atoms with E-state index >= 15 is 0 Å². The molecule has 94 valence electrons. The molecule has 17 heavy (non-hydrogen) atoms. The van der Waals surface area contributed by atoms with Crippen LogP contribution in [0.2, 0.25) is 0 Å². The number of aromatic nitrogens is 2. The first-order chi connectivity index (χ1) is 7.91. The van der Waals surface area contributed by atoms with Gasteiger partial charge in [0, 0.05) is 12.7 Å². The molecule has 2 rings (SSSR count). The normalized spacial score (nSPS) is 15.9. The van der Waals surface area contributed by atoms with Crippen molar-refractivity contribution in [2.75, 3.05) is 12.3 Å². The van der Waals surface area contributed by atoms with Crippen molar-refractivity contribution in [1.82, 2.24) is 15.1 Å². The van der Waals surface area contributed by atoms with E-state index in [0.717, 1.165) is 12.2 Å². The Kier molecular flexibility index (Phi) is 2.85. The van der Waals surface area contributed by atoms with E-state index in [1.54, 1.807) is 10.9 Å². The van der Waals surface area contributed by atoms with E-state index in [2.05, 4.69) is 10.4 Å². The maximum Gasteiger partial charge on any atom is 0.247 e. The van der Waals surface area contributed by atoms with E-state index < -0.39 is 5.54 Å². The maximum atomic E-state index is 12.1. The third-order valence-corrected chi connectivity index (χ3v) is 3.31. The zero-order chi connectivity index (χ0) is 12.6. The largest absolute Gasteiger partial charge is 0.396 e. The van der Waals surface area contributed by atoms with Gasteiger partial charge in [0.05, 0.1) is 11.4 Å². The maximum absolute atomic E-state index is 12.1. The summed E-state index contributed by atoms with van der Waals surface area (Å²) in [6.07, 6.45) is 4.18. The fourth-order valence-electron chi connectivity index (χ4n) is 1.64. The topological polar surface area (TPSA) is 72.9 Å². The van der Waals surface area contributed by atoms with E-state index in [9.17, 15) is 4.79 Å². The molecule has 0 aromatic carbocycles. The van der Waals surface area contributed by atoms with Crippen LogP contribution in [0.4, 0.5) is 5.69 Å². The minimum absolute atomic E-state index is 0.00750. The van der Waals surface area contributed by atoms with Crippen LogP contribution in [0.25, 0.3) is 0 Å². The average Bonchev–Trinajstić information content (AvgIpc) is 3.02. The Morgan fingerprint density at radius 1 is 1.65 bits per heavy atom. The third-order valence-electron chi connectivity index (χ3n) is 3.31. The van der Waals surface area contributed by atoms with E-state index in [1.165, 1.54) is 12.8 Å². The highest BCUT2D eigenvalue weighted by atomic mass is 16.2. The first-order valence-electron chi connectivity index (χ1n) is 6.02. The Hall–Kier alpha value is -1.52. The molecule has 0 bridgehead atoms. The number of nitrogen functional groups attached to an aromatic ring is 1. The van der Waals surface area contributed by atoms with Gasteiger partial charge in [-0.1, -0.05) is 0 Å². The van der Waals surface area contributed by atoms with Crippen molar-refractivity contribution in [3.05, 3.63) is 11.9 Å². The van der Waals surface area contributed by atoms with Gasteiger partial charge in [0.1, 0.15) is 5.54 Å². The molecule has 5 nitrogen and oxygen atoms in total. The number of nitrogens with zero attached hydrogens (tertiary/aromatic N) is 2. The van der Waals surface area contributed by atoms with Gasteiger partial charge in [-0.2, -0.15) is 5.10 Å². The Morgan fingerprint density at radius 3 is 2.76 bits per heavy atom. The third kappa shape index (κ3) is 2.43. The SMILES string of the molecule is Cc1nn(C(C)(C)C(=O)NCC2CC2)cc1N. The second kappa shape index (κ2) is 4.05. The van der Waals surface area contributed by atoms with Crippen molar-refractivity contribution in [1.29, 1.82) is 0 Å². The van der Waals surface area contributed by atoms with Crippen LogP contribution in [0, 0.1) is 12.8 Å². The summed E-state index contributed by atoms with van der Waals surface area (Å²) in [5, 5.41) is 7.25. The number of hydrogen-bond acceptors (Lipinski definition) is 3. The Labute approximate surface area is 101 Å². The van der Waals surface area contributed by atoms with Crippen molar-refractivity contribution in [3.8, 4) is 0 Å². The second-order valence-corrected chi connectivity index (χ2v) is 5.33. The van der Waals surface area contributed by atoms with E-state index in [0.29, 0.717) is 11.6 Å². The van der Waals surface area contributed by atoms with Crippen molar-refractivity contribution in [3.63, 3.8) is 0 Å². The van der Waals surface area contributed by atoms with Crippen LogP contribution in [0.5, 0.6) is 0 Å². The number of carbonyl (C=O) groups excluding carboxylic acids is 1. The fourth-order valence-corrected chi connectivity index (χ4v) is 1.64. The molecular weight excluding hydrogens is 216 g/mol. The van der Waals surface area contributed by atoms with Crippen LogP contribution < -0.4 is 11.1 Å². The van der Waals surface area contributed by atoms with E-state index in [4.69, 9.17) is 5.73 Å². The van der Waals surface area contributed by atoms with Gasteiger partial charge in [0.2, 0.25) is 5.91 Å². The van der Waals surface area contributed by atoms with Crippen molar-refractivity contribution >= 4 is 11.6 Å². The molecule has 1 aromatic heterocycles. The number of aryl methyl sites for hydroxylation is 1. The Bertz CT molecular complexity index is 412. The molecule has 1 fully saturated rings. The molecule has 1 aliphatic carbocycles. The van der Waals surface area contributed by atoms with Gasteiger partial charge in [0.25, 0.3) is 0 Å². The van der Waals surface area contributed by atoms with Gasteiger partial charge >= 0.3 is 0 Å². The van der Waals surface area contributed by atoms with Crippen molar-refractivity contribution in [2.45, 2.75) is 39.2 Å². The summed E-state index contributed by atoms with van der Waals surface area (Å²) < 4.78 is 1.64. The minimum Gasteiger partial charge on any atom is -0.396 e. The molecule has 3 N–H and O–H groups in total. The second-order valence-electron chi connectivity index (χ2n) is 5.33. The number of nitrogens with one attached hydrogen (secondary N) is 1. The quantitative estimate of drug-likeness (QED) is 0.820. The van der Waals surface area contributed by atoms with E-state index in [-0.39, 0.29) is 5.91 Å². The zero-order valence-corrected chi connectivity index (χ0v) is 10.7. The monoisotopic (exact) mass is 236 g/mol. The van der Waals surface area contributed by atoms with Crippen LogP contribution in [-0.2, 0) is 10.3 Å². The Morgan fingerprint density at radius 2 is 2.29 bits per heavy atom. The molecule has 0 atom stereocenters. The van der Waals surface area contributed by atoms with Crippen LogP contribution in [0.15, 0.2) is 6.20 Å². The lowest BCUT2D eigenvalue weighted by Gasteiger charge is -2.24. The van der Waals surface area contributed by atoms with Crippen molar-refractivity contribution in [2.24, 2.45) is 5.92 Å². The average molecular weight is 236 g/mol. The van der Waals surface area contributed by atoms with Gasteiger partial charge in [-0.25, -0.2) is 0 Å². The number of rotatable bonds is 4. The fraction of sp³-hybridized carbons (Fsp3) is 0.667. The highest BCUT2D eigenvalue weighted by Gasteiger charge is 2.32. The molecule has 0 saturated heterocycles. The molecule has 1 aromatic rings. The van der Waals surface area contributed by atoms with Crippen LogP contribution in [0.1, 0.15) is 32.4 Å². The van der Waals surface area contributed by atoms with E-state index in [1.807, 2.05) is 20.8 Å². The lowest BCUT2D eigenvalue weighted by Crippen LogP contribution is -2.45. The molecule has 1 aliphatic rings. The summed E-state index contributed by atoms with van der Waals surface area (Å²) in [4.78, 5) is 12.1. The summed E-state index contributed by atoms with van der Waals surface area (Å²) in [6.45, 7) is 6.31. The van der Waals surface area contributed by atoms with Crippen LogP contribution in [0.3, 0.4) is 0 Å². The van der Waals surface area contributed by atoms with Crippen molar-refractivity contribution < 1.29 is 4.79 Å². The molecule has 5 heteroatoms. The molecule has 0 aliphatic heterocycles. The number of nitrogens with two attached hydrogens (primary N) is 1. The predicted octanol–water partition coefficient (Wildman–Crippen LogP) is 1.04. The summed E-state index contributed by atoms with van der Waals surface area (Å²) in [6, 6.07) is 0. The smallest absolute Gasteiger partial charge is 0.247 e. The van der Waals surface area contributed by atoms with Gasteiger partial charge in [0.15, 0.2) is 0 Å². The minimum atomic E-state index is -0.697. The summed E-state index contributed by atoms with van der Waals surface area (Å²) in [5.41, 5.74) is 6.43. The lowest BCUT2D eigenvalue weighted by molar-refractivity contribution is -0.128. The van der Waals surface area contributed by atoms with Crippen LogP contribution >= 0.6 is 0 Å². The highest BCUT2D eigenvalue weighted by molar-refractivity contribution is 5.83. The molecular formula is C12H20N4O. The zero-order valence-electron chi connectivity index (χ0n) is 10.7. The molecule has 1 amide bonds. The lowest BCUT2D eigenvalue weighted by atomic mass is 10.1. The Balaban J connectivity index is 2.07. The summed E-state index contributed by atoms with van der Waals surface area (Å²) in [7, 11) is 0. The molecule has 0 unspecified atom stereocenters. The highest BCUT2D eigenvalue weighted by Crippen LogP contribution is 2.28. The van der Waals surface area contributed by atoms with Gasteiger partial charge in [-0.05, 0) is 39.5 Å².